The molecule has 0 aliphatic heterocycles. The van der Waals surface area contributed by atoms with Gasteiger partial charge in [0.25, 0.3) is 0 Å². The van der Waals surface area contributed by atoms with Crippen molar-refractivity contribution in [3.05, 3.63) is 53.2 Å². The first-order valence-electron chi connectivity index (χ1n) is 8.66. The van der Waals surface area contributed by atoms with Gasteiger partial charge in [0.15, 0.2) is 0 Å². The first-order chi connectivity index (χ1) is 11.9. The molecule has 0 saturated heterocycles. The van der Waals surface area contributed by atoms with Gasteiger partial charge in [0, 0.05) is 22.8 Å². The lowest BCUT2D eigenvalue weighted by atomic mass is 10.0. The minimum absolute atomic E-state index is 0.216. The van der Waals surface area contributed by atoms with Gasteiger partial charge < -0.3 is 4.40 Å². The second-order valence-corrected chi connectivity index (χ2v) is 7.82. The first-order valence-corrected chi connectivity index (χ1v) is 9.54. The molecule has 2 aromatic heterocycles. The summed E-state index contributed by atoms with van der Waals surface area (Å²) in [6.07, 6.45) is 5.85. The van der Waals surface area contributed by atoms with E-state index in [0.717, 1.165) is 22.5 Å². The molecule has 0 spiro atoms. The van der Waals surface area contributed by atoms with Gasteiger partial charge >= 0.3 is 5.91 Å². The van der Waals surface area contributed by atoms with Crippen LogP contribution in [-0.2, 0) is 17.6 Å². The molecule has 1 amide bonds. The molecule has 132 valence electrons. The van der Waals surface area contributed by atoms with Crippen molar-refractivity contribution in [2.24, 2.45) is 0 Å². The minimum Gasteiger partial charge on any atom is -0.310 e. The van der Waals surface area contributed by atoms with E-state index in [2.05, 4.69) is 47.9 Å². The molecule has 4 nitrogen and oxygen atoms in total. The van der Waals surface area contributed by atoms with Crippen molar-refractivity contribution in [1.82, 2.24) is 4.40 Å². The number of hydrogen-bond acceptors (Lipinski definition) is 3. The lowest BCUT2D eigenvalue weighted by Gasteiger charge is -2.15. The molecule has 1 aromatic carbocycles. The predicted octanol–water partition coefficient (Wildman–Crippen LogP) is 4.55. The predicted molar refractivity (Wildman–Crippen MR) is 102 cm³/mol. The van der Waals surface area contributed by atoms with E-state index in [9.17, 15) is 10.0 Å². The molecule has 0 bridgehead atoms. The summed E-state index contributed by atoms with van der Waals surface area (Å²) in [4.78, 5) is 13.2. The minimum atomic E-state index is -0.648. The number of likely N-dealkylation sites (N-methyl/N-ethyl adjacent to an activating group) is 1. The maximum atomic E-state index is 12.1. The van der Waals surface area contributed by atoms with Gasteiger partial charge in [-0.15, -0.1) is 16.0 Å². The summed E-state index contributed by atoms with van der Waals surface area (Å²) < 4.78 is 1.41. The molecule has 0 atom stereocenters. The Balaban J connectivity index is 1.83. The molecule has 0 aliphatic carbocycles. The maximum Gasteiger partial charge on any atom is 0.351 e. The van der Waals surface area contributed by atoms with Crippen molar-refractivity contribution < 1.29 is 14.6 Å². The standard InChI is InChI=1S/C20H25N2O2S/c1-4-5-6-15-7-9-16(10-8-15)17-11-19-21(13-17)18(14-25-19)12-20(23)22(2,3)24/h7-11,13-14,24H,4-6,12H2,1-3H3/q+1. The quantitative estimate of drug-likeness (QED) is 0.400. The number of rotatable bonds is 6. The van der Waals surface area contributed by atoms with Gasteiger partial charge in [0.05, 0.1) is 4.83 Å². The van der Waals surface area contributed by atoms with E-state index < -0.39 is 4.65 Å². The third kappa shape index (κ3) is 4.00. The summed E-state index contributed by atoms with van der Waals surface area (Å²) in [5.74, 6) is -0.227. The van der Waals surface area contributed by atoms with Gasteiger partial charge in [-0.05, 0) is 30.0 Å². The fourth-order valence-electron chi connectivity index (χ4n) is 2.82. The topological polar surface area (TPSA) is 41.7 Å². The van der Waals surface area contributed by atoms with E-state index in [1.54, 1.807) is 11.3 Å². The molecular formula is C20H25N2O2S+. The highest BCUT2D eigenvalue weighted by molar-refractivity contribution is 7.15. The molecule has 0 radical (unpaired) electrons. The summed E-state index contributed by atoms with van der Waals surface area (Å²) in [5, 5.41) is 11.8. The summed E-state index contributed by atoms with van der Waals surface area (Å²) >= 11 is 1.62. The lowest BCUT2D eigenvalue weighted by Crippen LogP contribution is -2.43. The molecule has 1 N–H and O–H groups in total. The number of carbonyl (C=O) groups is 1. The highest BCUT2D eigenvalue weighted by Crippen LogP contribution is 2.28. The van der Waals surface area contributed by atoms with Crippen LogP contribution in [0.1, 0.15) is 31.0 Å². The summed E-state index contributed by atoms with van der Waals surface area (Å²) in [5.41, 5.74) is 4.63. The molecule has 0 unspecified atom stereocenters. The Bertz CT molecular complexity index is 869. The second kappa shape index (κ2) is 7.12. The molecule has 3 aromatic rings. The smallest absolute Gasteiger partial charge is 0.310 e. The largest absolute Gasteiger partial charge is 0.351 e. The highest BCUT2D eigenvalue weighted by Gasteiger charge is 2.25. The Hall–Kier alpha value is -1.95. The number of benzene rings is 1. The number of nitrogens with zero attached hydrogens (tertiary/aromatic N) is 2. The van der Waals surface area contributed by atoms with Gasteiger partial charge in [0.1, 0.15) is 20.5 Å². The van der Waals surface area contributed by atoms with Gasteiger partial charge in [-0.3, -0.25) is 0 Å². The van der Waals surface area contributed by atoms with Gasteiger partial charge in [0.2, 0.25) is 0 Å². The SMILES string of the molecule is CCCCc1ccc(-c2cc3scc(CC(=O)[N+](C)(C)O)n3c2)cc1. The van der Waals surface area contributed by atoms with Crippen LogP contribution >= 0.6 is 11.3 Å². The Morgan fingerprint density at radius 3 is 2.56 bits per heavy atom. The number of quaternary nitrogens is 1. The van der Waals surface area contributed by atoms with Crippen LogP contribution in [0.5, 0.6) is 0 Å². The molecule has 0 saturated carbocycles. The number of aryl methyl sites for hydroxylation is 1. The zero-order valence-electron chi connectivity index (χ0n) is 15.0. The van der Waals surface area contributed by atoms with E-state index >= 15 is 0 Å². The molecule has 5 heteroatoms. The van der Waals surface area contributed by atoms with E-state index in [0.29, 0.717) is 0 Å². The average Bonchev–Trinajstić information content (AvgIpc) is 3.14. The number of carbonyl (C=O) groups excluding carboxylic acids is 1. The van der Waals surface area contributed by atoms with Crippen LogP contribution in [0.4, 0.5) is 0 Å². The molecule has 0 aliphatic rings. The first kappa shape index (κ1) is 17.9. The maximum absolute atomic E-state index is 12.1. The van der Waals surface area contributed by atoms with E-state index in [1.165, 1.54) is 38.1 Å². The number of hydroxylamine groups is 3. The van der Waals surface area contributed by atoms with Crippen molar-refractivity contribution in [1.29, 1.82) is 0 Å². The molecule has 2 heterocycles. The van der Waals surface area contributed by atoms with Crippen LogP contribution in [0.25, 0.3) is 16.0 Å². The van der Waals surface area contributed by atoms with Gasteiger partial charge in [-0.2, -0.15) is 0 Å². The summed E-state index contributed by atoms with van der Waals surface area (Å²) in [6, 6.07) is 10.9. The van der Waals surface area contributed by atoms with Crippen LogP contribution in [0.15, 0.2) is 41.9 Å². The fraction of sp³-hybridized carbons (Fsp3) is 0.350. The van der Waals surface area contributed by atoms with Crippen LogP contribution in [0.3, 0.4) is 0 Å². The Morgan fingerprint density at radius 1 is 1.20 bits per heavy atom. The molecule has 0 fully saturated rings. The number of thiazole rings is 1. The van der Waals surface area contributed by atoms with Crippen LogP contribution < -0.4 is 0 Å². The average molecular weight is 357 g/mol. The van der Waals surface area contributed by atoms with E-state index in [4.69, 9.17) is 0 Å². The lowest BCUT2D eigenvalue weighted by molar-refractivity contribution is -1.01. The van der Waals surface area contributed by atoms with Crippen molar-refractivity contribution >= 4 is 22.1 Å². The van der Waals surface area contributed by atoms with Gasteiger partial charge in [-0.1, -0.05) is 37.6 Å². The van der Waals surface area contributed by atoms with Crippen LogP contribution in [-0.4, -0.2) is 34.3 Å². The number of amides is 1. The van der Waals surface area contributed by atoms with Crippen molar-refractivity contribution in [2.75, 3.05) is 14.1 Å². The van der Waals surface area contributed by atoms with Crippen LogP contribution in [0, 0.1) is 0 Å². The Kier molecular flexibility index (Phi) is 5.08. The van der Waals surface area contributed by atoms with E-state index in [-0.39, 0.29) is 12.3 Å². The van der Waals surface area contributed by atoms with Crippen LogP contribution in [0.2, 0.25) is 0 Å². The highest BCUT2D eigenvalue weighted by atomic mass is 32.1. The number of aromatic nitrogens is 1. The number of hydrogen-bond donors (Lipinski definition) is 1. The third-order valence-corrected chi connectivity index (χ3v) is 5.40. The Morgan fingerprint density at radius 2 is 1.92 bits per heavy atom. The summed E-state index contributed by atoms with van der Waals surface area (Å²) in [6.45, 7) is 2.21. The monoisotopic (exact) mass is 357 g/mol. The number of fused-ring (bicyclic) bond motifs is 1. The molecule has 3 rings (SSSR count). The Labute approximate surface area is 152 Å². The van der Waals surface area contributed by atoms with Crippen molar-refractivity contribution in [3.63, 3.8) is 0 Å². The van der Waals surface area contributed by atoms with Crippen molar-refractivity contribution in [2.45, 2.75) is 32.6 Å². The zero-order valence-corrected chi connectivity index (χ0v) is 15.8. The van der Waals surface area contributed by atoms with Gasteiger partial charge in [-0.25, -0.2) is 10.0 Å². The summed E-state index contributed by atoms with van der Waals surface area (Å²) in [7, 11) is 2.96. The molecular weight excluding hydrogens is 332 g/mol. The third-order valence-electron chi connectivity index (χ3n) is 4.46. The fourth-order valence-corrected chi connectivity index (χ4v) is 3.75. The molecule has 25 heavy (non-hydrogen) atoms. The zero-order chi connectivity index (χ0) is 18.0. The normalized spacial score (nSPS) is 12.0. The van der Waals surface area contributed by atoms with Crippen molar-refractivity contribution in [3.8, 4) is 11.1 Å². The number of unbranched alkanes of at least 4 members (excludes halogenated alkanes) is 1. The van der Waals surface area contributed by atoms with E-state index in [1.807, 2.05) is 5.38 Å². The second-order valence-electron chi connectivity index (χ2n) is 6.93.